The number of carbonyl (C=O) groups is 2. The molecule has 156 valence electrons. The molecule has 0 aliphatic heterocycles. The molecule has 2 aromatic carbocycles. The minimum Gasteiger partial charge on any atom is -0.352 e. The smallest absolute Gasteiger partial charge is 0.242 e. The van der Waals surface area contributed by atoms with Crippen molar-refractivity contribution in [2.45, 2.75) is 52.2 Å². The van der Waals surface area contributed by atoms with E-state index in [4.69, 9.17) is 23.2 Å². The Morgan fingerprint density at radius 2 is 1.69 bits per heavy atom. The molecule has 0 aliphatic rings. The van der Waals surface area contributed by atoms with Crippen LogP contribution in [0.1, 0.15) is 38.3 Å². The molecule has 0 unspecified atom stereocenters. The lowest BCUT2D eigenvalue weighted by molar-refractivity contribution is -0.140. The summed E-state index contributed by atoms with van der Waals surface area (Å²) in [7, 11) is 0. The summed E-state index contributed by atoms with van der Waals surface area (Å²) in [5.41, 5.74) is 0.809. The molecule has 2 rings (SSSR count). The maximum absolute atomic E-state index is 14.2. The van der Waals surface area contributed by atoms with E-state index in [1.165, 1.54) is 11.0 Å². The summed E-state index contributed by atoms with van der Waals surface area (Å²) in [6, 6.07) is 10.4. The topological polar surface area (TPSA) is 49.4 Å². The number of hydrogen-bond acceptors (Lipinski definition) is 2. The summed E-state index contributed by atoms with van der Waals surface area (Å²) in [5.74, 6) is -1.10. The Labute approximate surface area is 181 Å². The van der Waals surface area contributed by atoms with Crippen LogP contribution in [0.5, 0.6) is 0 Å². The summed E-state index contributed by atoms with van der Waals surface area (Å²) in [5, 5.41) is 3.61. The average molecular weight is 439 g/mol. The van der Waals surface area contributed by atoms with Crippen LogP contribution in [0.4, 0.5) is 4.39 Å². The minimum absolute atomic E-state index is 0.0339. The van der Waals surface area contributed by atoms with Gasteiger partial charge in [0.2, 0.25) is 11.8 Å². The highest BCUT2D eigenvalue weighted by atomic mass is 35.5. The van der Waals surface area contributed by atoms with Crippen LogP contribution in [0.15, 0.2) is 42.5 Å². The number of nitrogens with zero attached hydrogens (tertiary/aromatic N) is 1. The van der Waals surface area contributed by atoms with Crippen LogP contribution in [0.3, 0.4) is 0 Å². The maximum Gasteiger partial charge on any atom is 0.242 e. The van der Waals surface area contributed by atoms with Gasteiger partial charge in [0.25, 0.3) is 0 Å². The van der Waals surface area contributed by atoms with Gasteiger partial charge in [-0.2, -0.15) is 0 Å². The first kappa shape index (κ1) is 23.2. The number of hydrogen-bond donors (Lipinski definition) is 1. The molecule has 0 aliphatic carbocycles. The van der Waals surface area contributed by atoms with Gasteiger partial charge in [0, 0.05) is 28.2 Å². The number of halogens is 3. The Morgan fingerprint density at radius 3 is 2.28 bits per heavy atom. The molecule has 0 saturated carbocycles. The van der Waals surface area contributed by atoms with Gasteiger partial charge in [0.1, 0.15) is 11.9 Å². The third-order valence-corrected chi connectivity index (χ3v) is 5.56. The molecule has 29 heavy (non-hydrogen) atoms. The van der Waals surface area contributed by atoms with Crippen LogP contribution in [-0.2, 0) is 22.6 Å². The molecule has 0 spiro atoms. The first-order chi connectivity index (χ1) is 13.7. The van der Waals surface area contributed by atoms with E-state index in [1.807, 2.05) is 13.8 Å². The molecule has 0 bridgehead atoms. The third kappa shape index (κ3) is 6.18. The number of amides is 2. The Bertz CT molecular complexity index is 855. The second-order valence-corrected chi connectivity index (χ2v) is 7.80. The van der Waals surface area contributed by atoms with E-state index in [0.29, 0.717) is 21.2 Å². The molecule has 0 saturated heterocycles. The van der Waals surface area contributed by atoms with Gasteiger partial charge in [-0.25, -0.2) is 4.39 Å². The maximum atomic E-state index is 14.2. The van der Waals surface area contributed by atoms with Crippen molar-refractivity contribution in [2.24, 2.45) is 0 Å². The molecule has 2 amide bonds. The van der Waals surface area contributed by atoms with Gasteiger partial charge in [-0.3, -0.25) is 9.59 Å². The van der Waals surface area contributed by atoms with E-state index in [2.05, 4.69) is 5.32 Å². The van der Waals surface area contributed by atoms with Crippen LogP contribution < -0.4 is 5.32 Å². The van der Waals surface area contributed by atoms with E-state index in [1.54, 1.807) is 43.3 Å². The van der Waals surface area contributed by atoms with Crippen LogP contribution >= 0.6 is 23.2 Å². The van der Waals surface area contributed by atoms with Gasteiger partial charge in [0.15, 0.2) is 0 Å². The fraction of sp³-hybridized carbons (Fsp3) is 0.364. The third-order valence-electron chi connectivity index (χ3n) is 4.86. The highest BCUT2D eigenvalue weighted by molar-refractivity contribution is 6.36. The van der Waals surface area contributed by atoms with Crippen LogP contribution in [-0.4, -0.2) is 28.8 Å². The number of benzene rings is 2. The Hall–Kier alpha value is -2.11. The zero-order valence-corrected chi connectivity index (χ0v) is 18.2. The van der Waals surface area contributed by atoms with Gasteiger partial charge in [0.05, 0.1) is 6.42 Å². The summed E-state index contributed by atoms with van der Waals surface area (Å²) in [4.78, 5) is 27.2. The quantitative estimate of drug-likeness (QED) is 0.629. The molecule has 1 N–H and O–H groups in total. The van der Waals surface area contributed by atoms with Gasteiger partial charge < -0.3 is 10.2 Å². The molecule has 0 fully saturated rings. The van der Waals surface area contributed by atoms with E-state index in [-0.39, 0.29) is 30.8 Å². The molecule has 0 aromatic heterocycles. The number of nitrogens with one attached hydrogen (secondary N) is 1. The Kier molecular flexibility index (Phi) is 8.47. The first-order valence-electron chi connectivity index (χ1n) is 9.50. The van der Waals surface area contributed by atoms with Crippen molar-refractivity contribution in [3.63, 3.8) is 0 Å². The molecular weight excluding hydrogens is 414 g/mol. The average Bonchev–Trinajstić information content (AvgIpc) is 2.69. The van der Waals surface area contributed by atoms with E-state index >= 15 is 0 Å². The van der Waals surface area contributed by atoms with E-state index in [9.17, 15) is 14.0 Å². The van der Waals surface area contributed by atoms with Crippen LogP contribution in [0.25, 0.3) is 0 Å². The van der Waals surface area contributed by atoms with Crippen molar-refractivity contribution in [2.75, 3.05) is 0 Å². The second-order valence-electron chi connectivity index (χ2n) is 6.98. The predicted molar refractivity (Wildman–Crippen MR) is 114 cm³/mol. The zero-order chi connectivity index (χ0) is 21.6. The predicted octanol–water partition coefficient (Wildman–Crippen LogP) is 5.01. The van der Waals surface area contributed by atoms with Gasteiger partial charge in [-0.15, -0.1) is 0 Å². The highest BCUT2D eigenvalue weighted by Crippen LogP contribution is 2.26. The number of rotatable bonds is 8. The molecular formula is C22H25Cl2FN2O2. The van der Waals surface area contributed by atoms with Crippen molar-refractivity contribution in [1.29, 1.82) is 0 Å². The second kappa shape index (κ2) is 10.6. The summed E-state index contributed by atoms with van der Waals surface area (Å²) >= 11 is 12.4. The normalized spacial score (nSPS) is 12.9. The summed E-state index contributed by atoms with van der Waals surface area (Å²) in [6.07, 6.45) is 0.670. The lowest BCUT2D eigenvalue weighted by Crippen LogP contribution is -2.50. The van der Waals surface area contributed by atoms with Crippen molar-refractivity contribution >= 4 is 35.0 Å². The van der Waals surface area contributed by atoms with Crippen molar-refractivity contribution in [1.82, 2.24) is 10.2 Å². The van der Waals surface area contributed by atoms with Crippen LogP contribution in [0, 0.1) is 5.82 Å². The SMILES string of the molecule is CC[C@@H](C)NC(=O)[C@@H](C)N(Cc1ccccc1F)C(=O)Cc1c(Cl)cccc1Cl. The fourth-order valence-corrected chi connectivity index (χ4v) is 3.34. The molecule has 2 aromatic rings. The van der Waals surface area contributed by atoms with E-state index in [0.717, 1.165) is 6.42 Å². The van der Waals surface area contributed by atoms with Crippen molar-refractivity contribution < 1.29 is 14.0 Å². The van der Waals surface area contributed by atoms with Crippen molar-refractivity contribution in [3.05, 3.63) is 69.5 Å². The minimum atomic E-state index is -0.794. The molecule has 7 heteroatoms. The standard InChI is InChI=1S/C22H25Cl2FN2O2/c1-4-14(2)26-22(29)15(3)27(13-16-8-5-6-11-20(16)25)21(28)12-17-18(23)9-7-10-19(17)24/h5-11,14-15H,4,12-13H2,1-3H3,(H,26,29)/t14-,15-/m1/s1. The first-order valence-corrected chi connectivity index (χ1v) is 10.3. The number of carbonyl (C=O) groups excluding carboxylic acids is 2. The monoisotopic (exact) mass is 438 g/mol. The van der Waals surface area contributed by atoms with E-state index < -0.39 is 11.9 Å². The lowest BCUT2D eigenvalue weighted by Gasteiger charge is -2.30. The van der Waals surface area contributed by atoms with Gasteiger partial charge in [-0.1, -0.05) is 54.4 Å². The Balaban J connectivity index is 2.31. The van der Waals surface area contributed by atoms with Crippen molar-refractivity contribution in [3.8, 4) is 0 Å². The molecule has 2 atom stereocenters. The van der Waals surface area contributed by atoms with Crippen LogP contribution in [0.2, 0.25) is 10.0 Å². The van der Waals surface area contributed by atoms with Gasteiger partial charge >= 0.3 is 0 Å². The lowest BCUT2D eigenvalue weighted by atomic mass is 10.1. The fourth-order valence-electron chi connectivity index (χ4n) is 2.81. The summed E-state index contributed by atoms with van der Waals surface area (Å²) in [6.45, 7) is 5.43. The largest absolute Gasteiger partial charge is 0.352 e. The molecule has 0 radical (unpaired) electrons. The van der Waals surface area contributed by atoms with Gasteiger partial charge in [-0.05, 0) is 44.0 Å². The molecule has 4 nitrogen and oxygen atoms in total. The molecule has 0 heterocycles. The highest BCUT2D eigenvalue weighted by Gasteiger charge is 2.28. The summed E-state index contributed by atoms with van der Waals surface area (Å²) < 4.78 is 14.2. The zero-order valence-electron chi connectivity index (χ0n) is 16.7. The Morgan fingerprint density at radius 1 is 1.07 bits per heavy atom.